The van der Waals surface area contributed by atoms with Gasteiger partial charge in [0.1, 0.15) is 0 Å². The Labute approximate surface area is 178 Å². The molecule has 1 N–H and O–H groups in total. The van der Waals surface area contributed by atoms with Gasteiger partial charge in [-0.2, -0.15) is 0 Å². The van der Waals surface area contributed by atoms with E-state index in [1.807, 2.05) is 13.8 Å². The number of hydrogen-bond acceptors (Lipinski definition) is 4. The number of amides is 1. The number of nitrogens with zero attached hydrogens (tertiary/aromatic N) is 2. The molecule has 1 saturated carbocycles. The monoisotopic (exact) mass is 435 g/mol. The van der Waals surface area contributed by atoms with Gasteiger partial charge in [0, 0.05) is 18.5 Å². The van der Waals surface area contributed by atoms with Crippen molar-refractivity contribution in [1.29, 1.82) is 0 Å². The molecule has 0 bridgehead atoms. The summed E-state index contributed by atoms with van der Waals surface area (Å²) in [7, 11) is -3.65. The van der Waals surface area contributed by atoms with Crippen LogP contribution in [0.1, 0.15) is 66.7 Å². The van der Waals surface area contributed by atoms with Crippen molar-refractivity contribution in [3.8, 4) is 0 Å². The maximum atomic E-state index is 13.6. The lowest BCUT2D eigenvalue weighted by Gasteiger charge is -2.24. The second-order valence-corrected chi connectivity index (χ2v) is 11.3. The molecule has 0 spiro atoms. The standard InChI is InChI=1S/C22H33N3O4S/c1-6-24-17-13-16(23-20(26)22(3,4)5)19(14-18(17)25(7-2)21(24)27)30(28,29)15-11-9-8-10-12-15/h13-15H,6-12H2,1-5H3,(H,23,26). The zero-order valence-corrected chi connectivity index (χ0v) is 19.4. The summed E-state index contributed by atoms with van der Waals surface area (Å²) in [4.78, 5) is 25.6. The summed E-state index contributed by atoms with van der Waals surface area (Å²) in [5.74, 6) is -0.262. The second-order valence-electron chi connectivity index (χ2n) is 9.12. The average Bonchev–Trinajstić information content (AvgIpc) is 2.96. The van der Waals surface area contributed by atoms with Gasteiger partial charge >= 0.3 is 5.69 Å². The van der Waals surface area contributed by atoms with Crippen LogP contribution < -0.4 is 11.0 Å². The first-order valence-electron chi connectivity index (χ1n) is 10.8. The number of rotatable bonds is 5. The van der Waals surface area contributed by atoms with Gasteiger partial charge in [0.25, 0.3) is 0 Å². The molecule has 1 amide bonds. The second kappa shape index (κ2) is 8.21. The van der Waals surface area contributed by atoms with Crippen molar-refractivity contribution in [1.82, 2.24) is 9.13 Å². The SMILES string of the molecule is CCn1c(=O)n(CC)c2cc(S(=O)(=O)C3CCCCC3)c(NC(=O)C(C)(C)C)cc21. The van der Waals surface area contributed by atoms with E-state index in [1.165, 1.54) is 0 Å². The van der Waals surface area contributed by atoms with E-state index in [0.717, 1.165) is 19.3 Å². The number of imidazole rings is 1. The summed E-state index contributed by atoms with van der Waals surface area (Å²) in [6, 6.07) is 3.25. The van der Waals surface area contributed by atoms with Crippen molar-refractivity contribution in [3.05, 3.63) is 22.6 Å². The maximum Gasteiger partial charge on any atom is 0.329 e. The highest BCUT2D eigenvalue weighted by atomic mass is 32.2. The lowest BCUT2D eigenvalue weighted by atomic mass is 9.95. The summed E-state index contributed by atoms with van der Waals surface area (Å²) in [5.41, 5.74) is 0.642. The van der Waals surface area contributed by atoms with Crippen LogP contribution in [0.2, 0.25) is 0 Å². The van der Waals surface area contributed by atoms with E-state index in [4.69, 9.17) is 0 Å². The van der Waals surface area contributed by atoms with Gasteiger partial charge in [0.05, 0.1) is 26.9 Å². The molecule has 0 unspecified atom stereocenters. The van der Waals surface area contributed by atoms with Crippen LogP contribution in [0.25, 0.3) is 11.0 Å². The van der Waals surface area contributed by atoms with E-state index in [1.54, 1.807) is 42.0 Å². The van der Waals surface area contributed by atoms with Gasteiger partial charge in [0.2, 0.25) is 5.91 Å². The van der Waals surface area contributed by atoms with Gasteiger partial charge in [-0.1, -0.05) is 40.0 Å². The molecule has 0 saturated heterocycles. The van der Waals surface area contributed by atoms with Crippen molar-refractivity contribution in [2.45, 2.75) is 90.0 Å². The first-order chi connectivity index (χ1) is 14.0. The number of anilines is 1. The van der Waals surface area contributed by atoms with Gasteiger partial charge in [0.15, 0.2) is 9.84 Å². The van der Waals surface area contributed by atoms with Crippen LogP contribution in [0.5, 0.6) is 0 Å². The highest BCUT2D eigenvalue weighted by Gasteiger charge is 2.33. The molecule has 1 heterocycles. The van der Waals surface area contributed by atoms with Gasteiger partial charge in [-0.25, -0.2) is 13.2 Å². The average molecular weight is 436 g/mol. The van der Waals surface area contributed by atoms with Crippen LogP contribution in [0.4, 0.5) is 5.69 Å². The predicted octanol–water partition coefficient (Wildman–Crippen LogP) is 3.93. The van der Waals surface area contributed by atoms with E-state index in [9.17, 15) is 18.0 Å². The highest BCUT2D eigenvalue weighted by Crippen LogP contribution is 2.35. The normalized spacial score (nSPS) is 16.2. The highest BCUT2D eigenvalue weighted by molar-refractivity contribution is 7.92. The number of benzene rings is 1. The van der Waals surface area contributed by atoms with Gasteiger partial charge in [-0.05, 0) is 38.8 Å². The summed E-state index contributed by atoms with van der Waals surface area (Å²) in [5, 5.41) is 2.39. The Morgan fingerprint density at radius 3 is 2.07 bits per heavy atom. The predicted molar refractivity (Wildman–Crippen MR) is 120 cm³/mol. The molecule has 1 aromatic heterocycles. The third-order valence-corrected chi connectivity index (χ3v) is 8.28. The summed E-state index contributed by atoms with van der Waals surface area (Å²) < 4.78 is 30.4. The van der Waals surface area contributed by atoms with Crippen LogP contribution in [-0.4, -0.2) is 28.7 Å². The molecule has 3 rings (SSSR count). The molecular formula is C22H33N3O4S. The molecule has 7 nitrogen and oxygen atoms in total. The smallest absolute Gasteiger partial charge is 0.324 e. The van der Waals surface area contributed by atoms with Crippen molar-refractivity contribution >= 4 is 32.5 Å². The van der Waals surface area contributed by atoms with E-state index >= 15 is 0 Å². The molecule has 0 aliphatic heterocycles. The van der Waals surface area contributed by atoms with E-state index in [0.29, 0.717) is 37.0 Å². The van der Waals surface area contributed by atoms with Crippen LogP contribution in [0.15, 0.2) is 21.8 Å². The lowest BCUT2D eigenvalue weighted by molar-refractivity contribution is -0.123. The molecule has 1 aromatic carbocycles. The largest absolute Gasteiger partial charge is 0.329 e. The summed E-state index contributed by atoms with van der Waals surface area (Å²) >= 11 is 0. The Kier molecular flexibility index (Phi) is 6.18. The minimum absolute atomic E-state index is 0.120. The first-order valence-corrected chi connectivity index (χ1v) is 12.4. The maximum absolute atomic E-state index is 13.6. The number of carbonyl (C=O) groups is 1. The molecule has 0 radical (unpaired) electrons. The van der Waals surface area contributed by atoms with E-state index in [-0.39, 0.29) is 22.2 Å². The Morgan fingerprint density at radius 1 is 1.03 bits per heavy atom. The molecule has 1 aliphatic carbocycles. The molecule has 2 aromatic rings. The Balaban J connectivity index is 2.28. The Morgan fingerprint density at radius 2 is 1.57 bits per heavy atom. The Hall–Kier alpha value is -2.09. The topological polar surface area (TPSA) is 90.2 Å². The van der Waals surface area contributed by atoms with Crippen LogP contribution >= 0.6 is 0 Å². The van der Waals surface area contributed by atoms with Crippen molar-refractivity contribution in [3.63, 3.8) is 0 Å². The van der Waals surface area contributed by atoms with Crippen LogP contribution in [0.3, 0.4) is 0 Å². The zero-order chi connectivity index (χ0) is 22.3. The fourth-order valence-electron chi connectivity index (χ4n) is 4.15. The van der Waals surface area contributed by atoms with Gasteiger partial charge < -0.3 is 5.32 Å². The van der Waals surface area contributed by atoms with Crippen molar-refractivity contribution < 1.29 is 13.2 Å². The lowest BCUT2D eigenvalue weighted by Crippen LogP contribution is -2.30. The molecule has 0 atom stereocenters. The number of carbonyl (C=O) groups excluding carboxylic acids is 1. The number of aryl methyl sites for hydroxylation is 2. The van der Waals surface area contributed by atoms with Gasteiger partial charge in [-0.3, -0.25) is 13.9 Å². The quantitative estimate of drug-likeness (QED) is 0.770. The van der Waals surface area contributed by atoms with Crippen molar-refractivity contribution in [2.24, 2.45) is 5.41 Å². The number of hydrogen-bond donors (Lipinski definition) is 1. The molecule has 8 heteroatoms. The minimum Gasteiger partial charge on any atom is -0.324 e. The van der Waals surface area contributed by atoms with E-state index in [2.05, 4.69) is 5.32 Å². The summed E-state index contributed by atoms with van der Waals surface area (Å²) in [6.45, 7) is 10.00. The Bertz CT molecular complexity index is 1110. The molecule has 166 valence electrons. The first kappa shape index (κ1) is 22.6. The number of sulfone groups is 1. The molecule has 1 fully saturated rings. The van der Waals surface area contributed by atoms with Crippen LogP contribution in [-0.2, 0) is 27.7 Å². The third kappa shape index (κ3) is 3.94. The number of nitrogens with one attached hydrogen (secondary N) is 1. The minimum atomic E-state index is -3.65. The van der Waals surface area contributed by atoms with E-state index < -0.39 is 20.5 Å². The fourth-order valence-corrected chi connectivity index (χ4v) is 6.16. The van der Waals surface area contributed by atoms with Crippen molar-refractivity contribution in [2.75, 3.05) is 5.32 Å². The molecule has 30 heavy (non-hydrogen) atoms. The van der Waals surface area contributed by atoms with Crippen LogP contribution in [0, 0.1) is 5.41 Å². The number of aromatic nitrogens is 2. The summed E-state index contributed by atoms with van der Waals surface area (Å²) in [6.07, 6.45) is 4.09. The molecular weight excluding hydrogens is 402 g/mol. The van der Waals surface area contributed by atoms with Gasteiger partial charge in [-0.15, -0.1) is 0 Å². The molecule has 1 aliphatic rings. The third-order valence-electron chi connectivity index (χ3n) is 5.98. The number of fused-ring (bicyclic) bond motifs is 1. The zero-order valence-electron chi connectivity index (χ0n) is 18.6. The fraction of sp³-hybridized carbons (Fsp3) is 0.636.